The number of hydrogen-bond donors (Lipinski definition) is 2. The van der Waals surface area contributed by atoms with Gasteiger partial charge in [0.15, 0.2) is 11.5 Å². The molecule has 0 saturated heterocycles. The highest BCUT2D eigenvalue weighted by atomic mass is 19.4. The predicted molar refractivity (Wildman–Crippen MR) is 124 cm³/mol. The van der Waals surface area contributed by atoms with Crippen molar-refractivity contribution in [3.05, 3.63) is 59.7 Å². The average Bonchev–Trinajstić information content (AvgIpc) is 3.49. The standard InChI is InChI=1S/C24H20F4N8O/c25-13-5-6-16(31-10-13)24(12-3-4-12)17-18(29)33-19(34-20(17)35-22(24)37)15-11-36-9-8-30-21(36)14(32-15)2-1-7-23(26,27)28/h5-6,8-12H,1-4,7H2,(H3,29,33,34,35,37). The van der Waals surface area contributed by atoms with Crippen molar-refractivity contribution in [2.24, 2.45) is 5.92 Å². The number of nitrogens with one attached hydrogen (secondary N) is 1. The van der Waals surface area contributed by atoms with Gasteiger partial charge in [0.2, 0.25) is 5.91 Å². The molecule has 13 heteroatoms. The van der Waals surface area contributed by atoms with Crippen LogP contribution in [0.25, 0.3) is 17.2 Å². The van der Waals surface area contributed by atoms with Crippen LogP contribution in [0.2, 0.25) is 0 Å². The van der Waals surface area contributed by atoms with E-state index in [0.717, 1.165) is 19.0 Å². The van der Waals surface area contributed by atoms with E-state index in [1.807, 2.05) is 0 Å². The number of anilines is 2. The molecule has 4 aromatic heterocycles. The lowest BCUT2D eigenvalue weighted by Crippen LogP contribution is -2.39. The fraction of sp³-hybridized carbons (Fsp3) is 0.333. The molecule has 37 heavy (non-hydrogen) atoms. The van der Waals surface area contributed by atoms with Gasteiger partial charge in [0.05, 0.1) is 23.1 Å². The number of nitrogen functional groups attached to an aromatic ring is 1. The summed E-state index contributed by atoms with van der Waals surface area (Å²) in [6.45, 7) is 0. The van der Waals surface area contributed by atoms with E-state index in [0.29, 0.717) is 22.6 Å². The molecule has 3 N–H and O–H groups in total. The number of nitrogens with two attached hydrogens (primary N) is 1. The van der Waals surface area contributed by atoms with Crippen molar-refractivity contribution in [3.63, 3.8) is 0 Å². The number of rotatable bonds is 6. The minimum Gasteiger partial charge on any atom is -0.383 e. The Morgan fingerprint density at radius 3 is 2.68 bits per heavy atom. The first kappa shape index (κ1) is 23.3. The molecule has 190 valence electrons. The van der Waals surface area contributed by atoms with E-state index < -0.39 is 23.8 Å². The average molecular weight is 512 g/mol. The molecule has 1 amide bonds. The molecule has 1 fully saturated rings. The maximum absolute atomic E-state index is 13.6. The second kappa shape index (κ2) is 8.18. The van der Waals surface area contributed by atoms with Gasteiger partial charge in [-0.2, -0.15) is 13.2 Å². The number of alkyl halides is 3. The van der Waals surface area contributed by atoms with Crippen LogP contribution in [-0.4, -0.2) is 41.4 Å². The van der Waals surface area contributed by atoms with Crippen LogP contribution >= 0.6 is 0 Å². The van der Waals surface area contributed by atoms with Gasteiger partial charge in [0.25, 0.3) is 0 Å². The number of fused-ring (bicyclic) bond motifs is 2. The summed E-state index contributed by atoms with van der Waals surface area (Å²) in [5.41, 5.74) is 6.99. The summed E-state index contributed by atoms with van der Waals surface area (Å²) in [7, 11) is 0. The second-order valence-electron chi connectivity index (χ2n) is 9.25. The molecule has 1 aliphatic heterocycles. The number of pyridine rings is 1. The summed E-state index contributed by atoms with van der Waals surface area (Å²) in [5, 5.41) is 2.80. The highest BCUT2D eigenvalue weighted by molar-refractivity contribution is 6.09. The van der Waals surface area contributed by atoms with Crippen LogP contribution in [0.3, 0.4) is 0 Å². The summed E-state index contributed by atoms with van der Waals surface area (Å²) in [4.78, 5) is 35.3. The summed E-state index contributed by atoms with van der Waals surface area (Å²) in [5.74, 6) is -0.640. The molecule has 2 aliphatic rings. The van der Waals surface area contributed by atoms with E-state index in [1.54, 1.807) is 16.8 Å². The SMILES string of the molecule is Nc1nc(-c2cn3ccnc3c(CCCC(F)(F)F)n2)nc2c1C(c1ccc(F)cn1)(C1CC1)C(=O)N2. The molecule has 4 aromatic rings. The van der Waals surface area contributed by atoms with Crippen molar-refractivity contribution >= 4 is 23.2 Å². The Bertz CT molecular complexity index is 1530. The van der Waals surface area contributed by atoms with Crippen molar-refractivity contribution in [1.29, 1.82) is 0 Å². The van der Waals surface area contributed by atoms with Crippen LogP contribution in [0.1, 0.15) is 42.6 Å². The first-order valence-corrected chi connectivity index (χ1v) is 11.7. The molecule has 0 spiro atoms. The highest BCUT2D eigenvalue weighted by Gasteiger charge is 2.60. The fourth-order valence-corrected chi connectivity index (χ4v) is 5.09. The number of nitrogens with zero attached hydrogens (tertiary/aromatic N) is 6. The molecule has 1 aliphatic carbocycles. The van der Waals surface area contributed by atoms with E-state index >= 15 is 0 Å². The molecule has 5 heterocycles. The van der Waals surface area contributed by atoms with Crippen LogP contribution in [0.5, 0.6) is 0 Å². The number of amides is 1. The lowest BCUT2D eigenvalue weighted by molar-refractivity contribution is -0.135. The fourth-order valence-electron chi connectivity index (χ4n) is 5.09. The third-order valence-electron chi connectivity index (χ3n) is 6.79. The molecular formula is C24H20F4N8O. The molecule has 1 unspecified atom stereocenters. The number of imidazole rings is 1. The monoisotopic (exact) mass is 512 g/mol. The topological polar surface area (TPSA) is 124 Å². The summed E-state index contributed by atoms with van der Waals surface area (Å²) in [6.07, 6.45) is 2.01. The van der Waals surface area contributed by atoms with Crippen molar-refractivity contribution in [2.75, 3.05) is 11.1 Å². The number of aryl methyl sites for hydroxylation is 1. The molecule has 6 rings (SSSR count). The van der Waals surface area contributed by atoms with Gasteiger partial charge < -0.3 is 15.5 Å². The molecule has 0 aromatic carbocycles. The Hall–Kier alpha value is -4.16. The molecular weight excluding hydrogens is 492 g/mol. The maximum atomic E-state index is 13.6. The summed E-state index contributed by atoms with van der Waals surface area (Å²) >= 11 is 0. The van der Waals surface area contributed by atoms with Gasteiger partial charge in [-0.1, -0.05) is 0 Å². The smallest absolute Gasteiger partial charge is 0.383 e. The van der Waals surface area contributed by atoms with Crippen molar-refractivity contribution in [3.8, 4) is 11.5 Å². The Balaban J connectivity index is 1.43. The van der Waals surface area contributed by atoms with Gasteiger partial charge in [-0.05, 0) is 43.7 Å². The van der Waals surface area contributed by atoms with Gasteiger partial charge in [-0.15, -0.1) is 0 Å². The third-order valence-corrected chi connectivity index (χ3v) is 6.79. The molecule has 1 saturated carbocycles. The number of halogens is 4. The Labute approximate surface area is 207 Å². The number of carbonyl (C=O) groups excluding carboxylic acids is 1. The van der Waals surface area contributed by atoms with Crippen LogP contribution in [-0.2, 0) is 16.6 Å². The van der Waals surface area contributed by atoms with E-state index in [1.165, 1.54) is 18.3 Å². The minimum atomic E-state index is -4.27. The van der Waals surface area contributed by atoms with Crippen molar-refractivity contribution in [2.45, 2.75) is 43.7 Å². The van der Waals surface area contributed by atoms with Gasteiger partial charge in [0.1, 0.15) is 28.6 Å². The number of carbonyl (C=O) groups is 1. The molecule has 1 atom stereocenters. The first-order valence-electron chi connectivity index (χ1n) is 11.7. The minimum absolute atomic E-state index is 0.0440. The molecule has 9 nitrogen and oxygen atoms in total. The highest BCUT2D eigenvalue weighted by Crippen LogP contribution is 2.57. The summed E-state index contributed by atoms with van der Waals surface area (Å²) in [6, 6.07) is 2.71. The maximum Gasteiger partial charge on any atom is 0.389 e. The number of aromatic nitrogens is 6. The molecule has 0 bridgehead atoms. The largest absolute Gasteiger partial charge is 0.389 e. The van der Waals surface area contributed by atoms with Crippen molar-refractivity contribution in [1.82, 2.24) is 29.3 Å². The zero-order valence-electron chi connectivity index (χ0n) is 19.3. The van der Waals surface area contributed by atoms with E-state index in [-0.39, 0.29) is 47.8 Å². The van der Waals surface area contributed by atoms with Crippen LogP contribution in [0, 0.1) is 11.7 Å². The normalized spacial score (nSPS) is 19.3. The molecule has 0 radical (unpaired) electrons. The summed E-state index contributed by atoms with van der Waals surface area (Å²) < 4.78 is 53.3. The first-order chi connectivity index (χ1) is 17.7. The van der Waals surface area contributed by atoms with Gasteiger partial charge in [-0.25, -0.2) is 24.3 Å². The number of hydrogen-bond acceptors (Lipinski definition) is 7. The second-order valence-corrected chi connectivity index (χ2v) is 9.25. The van der Waals surface area contributed by atoms with Crippen LogP contribution < -0.4 is 11.1 Å². The third kappa shape index (κ3) is 3.85. The predicted octanol–water partition coefficient (Wildman–Crippen LogP) is 3.84. The van der Waals surface area contributed by atoms with Gasteiger partial charge in [-0.3, -0.25) is 9.78 Å². The lowest BCUT2D eigenvalue weighted by atomic mass is 9.74. The van der Waals surface area contributed by atoms with Crippen molar-refractivity contribution < 1.29 is 22.4 Å². The lowest BCUT2D eigenvalue weighted by Gasteiger charge is -2.27. The van der Waals surface area contributed by atoms with Gasteiger partial charge in [0, 0.05) is 25.0 Å². The van der Waals surface area contributed by atoms with E-state index in [4.69, 9.17) is 5.73 Å². The Morgan fingerprint density at radius 1 is 1.16 bits per heavy atom. The van der Waals surface area contributed by atoms with Crippen LogP contribution in [0.15, 0.2) is 36.9 Å². The quantitative estimate of drug-likeness (QED) is 0.376. The Morgan fingerprint density at radius 2 is 1.97 bits per heavy atom. The van der Waals surface area contributed by atoms with E-state index in [9.17, 15) is 22.4 Å². The zero-order valence-corrected chi connectivity index (χ0v) is 19.3. The van der Waals surface area contributed by atoms with E-state index in [2.05, 4.69) is 30.2 Å². The van der Waals surface area contributed by atoms with Crippen LogP contribution in [0.4, 0.5) is 29.2 Å². The van der Waals surface area contributed by atoms with Gasteiger partial charge >= 0.3 is 6.18 Å². The Kier molecular flexibility index (Phi) is 5.14. The zero-order chi connectivity index (χ0) is 25.9.